The third kappa shape index (κ3) is 68.8. The summed E-state index contributed by atoms with van der Waals surface area (Å²) in [4.78, 5) is 0. The van der Waals surface area contributed by atoms with Crippen LogP contribution >= 0.6 is 0 Å². The van der Waals surface area contributed by atoms with Crippen molar-refractivity contribution in [1.29, 1.82) is 0 Å². The van der Waals surface area contributed by atoms with E-state index in [9.17, 15) is 0 Å². The molecule has 0 heterocycles. The Balaban J connectivity index is -0.0000000370. The van der Waals surface area contributed by atoms with Crippen LogP contribution in [0.2, 0.25) is 0 Å². The summed E-state index contributed by atoms with van der Waals surface area (Å²) < 4.78 is 45.0. The van der Waals surface area contributed by atoms with Gasteiger partial charge in [0.15, 0.2) is 0 Å². The Morgan fingerprint density at radius 2 is 1.11 bits per heavy atom. The second-order valence-electron chi connectivity index (χ2n) is 2.85. The predicted octanol–water partition coefficient (Wildman–Crippen LogP) is 3.16. The minimum absolute atomic E-state index is 0. The molecule has 0 aliphatic heterocycles. The zero-order valence-corrected chi connectivity index (χ0v) is 16.0. The largest absolute Gasteiger partial charge is 0 e. The molecule has 144 valence electrons. The molecular weight excluding hydrogens is 442 g/mol. The van der Waals surface area contributed by atoms with Gasteiger partial charge in [-0.1, -0.05) is 36.1 Å². The standard InChI is InChI=1S/C13H14.6CO.2Co/c1-2-3-4-5-7-10-13-11-8-6-9-12-13;6*1-2;;/h2,6,8-9,11-12H,1,3-5H2;;;;;;;;. The minimum Gasteiger partial charge on any atom is 0 e. The van der Waals surface area contributed by atoms with E-state index < -0.39 is 0 Å². The van der Waals surface area contributed by atoms with Crippen LogP contribution in [-0.2, 0) is 61.5 Å². The van der Waals surface area contributed by atoms with Crippen LogP contribution in [0, 0.1) is 51.7 Å². The predicted molar refractivity (Wildman–Crippen MR) is 80.9 cm³/mol. The Labute approximate surface area is 180 Å². The molecule has 0 saturated heterocycles. The number of benzene rings is 1. The van der Waals surface area contributed by atoms with Gasteiger partial charge in [0.25, 0.3) is 0 Å². The zero-order valence-electron chi connectivity index (χ0n) is 13.9. The van der Waals surface area contributed by atoms with Crippen LogP contribution in [0.5, 0.6) is 0 Å². The Morgan fingerprint density at radius 1 is 0.741 bits per heavy atom. The van der Waals surface area contributed by atoms with E-state index in [-0.39, 0.29) is 33.6 Å². The van der Waals surface area contributed by atoms with Crippen molar-refractivity contribution in [3.63, 3.8) is 0 Å². The summed E-state index contributed by atoms with van der Waals surface area (Å²) in [6.07, 6.45) is 5.07. The third-order valence-electron chi connectivity index (χ3n) is 1.72. The van der Waals surface area contributed by atoms with Crippen molar-refractivity contribution in [3.05, 3.63) is 88.5 Å². The van der Waals surface area contributed by atoms with Gasteiger partial charge in [-0.25, -0.2) is 0 Å². The molecule has 1 rings (SSSR count). The van der Waals surface area contributed by atoms with Crippen LogP contribution < -0.4 is 0 Å². The monoisotopic (exact) mass is 456 g/mol. The van der Waals surface area contributed by atoms with Crippen LogP contribution in [-0.4, -0.2) is 0 Å². The van der Waals surface area contributed by atoms with Crippen molar-refractivity contribution >= 4 is 0 Å². The molecule has 0 aromatic heterocycles. The summed E-state index contributed by atoms with van der Waals surface area (Å²) in [5, 5.41) is 0. The van der Waals surface area contributed by atoms with Crippen molar-refractivity contribution < 1.29 is 61.5 Å². The summed E-state index contributed by atoms with van der Waals surface area (Å²) in [5.41, 5.74) is 1.10. The molecule has 0 unspecified atom stereocenters. The van der Waals surface area contributed by atoms with Gasteiger partial charge in [-0.2, -0.15) is 0 Å². The van der Waals surface area contributed by atoms with E-state index in [0.29, 0.717) is 0 Å². The van der Waals surface area contributed by atoms with E-state index >= 15 is 0 Å². The van der Waals surface area contributed by atoms with Gasteiger partial charge in [0.1, 0.15) is 0 Å². The second-order valence-corrected chi connectivity index (χ2v) is 2.85. The van der Waals surface area contributed by atoms with E-state index in [1.807, 2.05) is 36.4 Å². The van der Waals surface area contributed by atoms with Crippen LogP contribution in [0.25, 0.3) is 0 Å². The van der Waals surface area contributed by atoms with E-state index in [0.717, 1.165) is 24.8 Å². The van der Waals surface area contributed by atoms with Crippen molar-refractivity contribution in [2.45, 2.75) is 19.3 Å². The summed E-state index contributed by atoms with van der Waals surface area (Å²) in [7, 11) is 0. The number of unbranched alkanes of at least 4 members (excludes halogenated alkanes) is 2. The average molecular weight is 456 g/mol. The summed E-state index contributed by atoms with van der Waals surface area (Å²) in [6, 6.07) is 10.1. The van der Waals surface area contributed by atoms with Gasteiger partial charge in [-0.15, -0.1) is 6.58 Å². The van der Waals surface area contributed by atoms with Gasteiger partial charge < -0.3 is 0 Å². The smallest absolute Gasteiger partial charge is 0 e. The number of rotatable bonds is 3. The Bertz CT molecular complexity index is 499. The normalized spacial score (nSPS) is 4.59. The minimum atomic E-state index is 0. The fourth-order valence-corrected chi connectivity index (χ4v) is 1.02. The van der Waals surface area contributed by atoms with E-state index in [4.69, 9.17) is 27.9 Å². The SMILES string of the molecule is C=CCCCC#Cc1ccccc1.[C-]#[O+].[C-]#[O+].[C-]#[O+].[C-]#[O+].[C-]#[O+].[C-]#[O+].[Co].[Co]. The fraction of sp³-hybridized carbons (Fsp3) is 0.158. The molecule has 0 saturated carbocycles. The molecule has 0 N–H and O–H groups in total. The number of hydrogen-bond acceptors (Lipinski definition) is 0. The maximum absolute atomic E-state index is 7.50. The summed E-state index contributed by atoms with van der Waals surface area (Å²) in [6.45, 7) is 30.7. The van der Waals surface area contributed by atoms with Crippen LogP contribution in [0.1, 0.15) is 24.8 Å². The average Bonchev–Trinajstić information content (AvgIpc) is 2.77. The summed E-state index contributed by atoms with van der Waals surface area (Å²) >= 11 is 0. The maximum atomic E-state index is 7.50. The van der Waals surface area contributed by atoms with E-state index in [2.05, 4.69) is 58.3 Å². The Hall–Kier alpha value is -2.03. The molecule has 6 nitrogen and oxygen atoms in total. The molecule has 27 heavy (non-hydrogen) atoms. The fourth-order valence-electron chi connectivity index (χ4n) is 1.02. The number of hydrogen-bond donors (Lipinski definition) is 0. The molecule has 1 aromatic carbocycles. The quantitative estimate of drug-likeness (QED) is 0.218. The molecule has 8 heteroatoms. The van der Waals surface area contributed by atoms with Crippen molar-refractivity contribution in [2.75, 3.05) is 0 Å². The molecule has 1 aromatic rings. The molecule has 2 radical (unpaired) electrons. The molecule has 0 bridgehead atoms. The first-order chi connectivity index (χ1) is 12.4. The van der Waals surface area contributed by atoms with E-state index in [1.165, 1.54) is 0 Å². The Kier molecular flexibility index (Phi) is 163. The molecule has 0 aliphatic rings. The van der Waals surface area contributed by atoms with Crippen molar-refractivity contribution in [1.82, 2.24) is 0 Å². The molecule has 0 spiro atoms. The molecular formula is C19H14Co2O6. The molecule has 0 aliphatic carbocycles. The third-order valence-corrected chi connectivity index (χ3v) is 1.72. The van der Waals surface area contributed by atoms with Crippen molar-refractivity contribution in [2.24, 2.45) is 0 Å². The maximum Gasteiger partial charge on any atom is 0 e. The first kappa shape index (κ1) is 49.8. The first-order valence-electron chi connectivity index (χ1n) is 5.81. The van der Waals surface area contributed by atoms with E-state index in [1.54, 1.807) is 0 Å². The van der Waals surface area contributed by atoms with Crippen molar-refractivity contribution in [3.8, 4) is 11.8 Å². The second kappa shape index (κ2) is 88.3. The van der Waals surface area contributed by atoms with Crippen LogP contribution in [0.15, 0.2) is 43.0 Å². The van der Waals surface area contributed by atoms with Gasteiger partial charge in [0, 0.05) is 45.5 Å². The van der Waals surface area contributed by atoms with Gasteiger partial charge in [0.2, 0.25) is 0 Å². The van der Waals surface area contributed by atoms with Crippen LogP contribution in [0.3, 0.4) is 0 Å². The topological polar surface area (TPSA) is 119 Å². The number of allylic oxidation sites excluding steroid dienone is 1. The first-order valence-corrected chi connectivity index (χ1v) is 5.81. The summed E-state index contributed by atoms with van der Waals surface area (Å²) in [5.74, 6) is 6.26. The molecule has 0 amide bonds. The van der Waals surface area contributed by atoms with Gasteiger partial charge in [-0.05, 0) is 25.0 Å². The molecule has 0 fully saturated rings. The van der Waals surface area contributed by atoms with Gasteiger partial charge in [0.05, 0.1) is 0 Å². The van der Waals surface area contributed by atoms with Gasteiger partial charge in [-0.3, -0.25) is 0 Å². The van der Waals surface area contributed by atoms with Gasteiger partial charge >= 0.3 is 67.8 Å². The zero-order chi connectivity index (χ0) is 21.4. The van der Waals surface area contributed by atoms with Crippen LogP contribution in [0.4, 0.5) is 0 Å². The Morgan fingerprint density at radius 3 is 1.44 bits per heavy atom. The molecule has 0 atom stereocenters.